The summed E-state index contributed by atoms with van der Waals surface area (Å²) in [5.74, 6) is 0.0186. The molecule has 0 aliphatic carbocycles. The van der Waals surface area contributed by atoms with Crippen molar-refractivity contribution < 1.29 is 4.79 Å². The molecule has 2 aromatic heterocycles. The van der Waals surface area contributed by atoms with Crippen molar-refractivity contribution in [2.75, 3.05) is 0 Å². The molecule has 0 saturated carbocycles. The van der Waals surface area contributed by atoms with Crippen molar-refractivity contribution >= 4 is 28.1 Å². The van der Waals surface area contributed by atoms with Crippen molar-refractivity contribution in [2.45, 2.75) is 19.5 Å². The topological polar surface area (TPSA) is 46.9 Å². The molecule has 4 nitrogen and oxygen atoms in total. The van der Waals surface area contributed by atoms with Crippen LogP contribution in [0.15, 0.2) is 71.4 Å². The fourth-order valence-electron chi connectivity index (χ4n) is 3.03. The van der Waals surface area contributed by atoms with Crippen LogP contribution in [0.5, 0.6) is 0 Å². The average molecular weight is 361 g/mol. The molecule has 1 N–H and O–H groups in total. The van der Waals surface area contributed by atoms with Gasteiger partial charge in [-0.15, -0.1) is 0 Å². The molecule has 0 fully saturated rings. The van der Waals surface area contributed by atoms with E-state index in [1.165, 1.54) is 5.56 Å². The van der Waals surface area contributed by atoms with Gasteiger partial charge in [0.15, 0.2) is 0 Å². The summed E-state index contributed by atoms with van der Waals surface area (Å²) in [4.78, 5) is 12.2. The lowest BCUT2D eigenvalue weighted by atomic mass is 10.2. The van der Waals surface area contributed by atoms with E-state index in [2.05, 4.69) is 29.6 Å². The Bertz CT molecular complexity index is 1010. The lowest BCUT2D eigenvalue weighted by molar-refractivity contribution is -0.120. The van der Waals surface area contributed by atoms with E-state index in [9.17, 15) is 4.79 Å². The summed E-state index contributed by atoms with van der Waals surface area (Å²) in [5, 5.41) is 12.8. The van der Waals surface area contributed by atoms with Crippen molar-refractivity contribution in [3.05, 3.63) is 88.2 Å². The van der Waals surface area contributed by atoms with E-state index in [0.717, 1.165) is 22.2 Å². The van der Waals surface area contributed by atoms with Gasteiger partial charge in [-0.2, -0.15) is 16.4 Å². The van der Waals surface area contributed by atoms with Crippen LogP contribution in [0.4, 0.5) is 0 Å². The van der Waals surface area contributed by atoms with Crippen LogP contribution in [-0.4, -0.2) is 15.7 Å². The Kier molecular flexibility index (Phi) is 4.80. The zero-order valence-electron chi connectivity index (χ0n) is 14.3. The number of fused-ring (bicyclic) bond motifs is 1. The highest BCUT2D eigenvalue weighted by atomic mass is 32.1. The number of hydrogen-bond acceptors (Lipinski definition) is 3. The highest BCUT2D eigenvalue weighted by Gasteiger charge is 2.12. The Labute approximate surface area is 156 Å². The smallest absolute Gasteiger partial charge is 0.224 e. The predicted octanol–water partition coefficient (Wildman–Crippen LogP) is 4.01. The predicted molar refractivity (Wildman–Crippen MR) is 105 cm³/mol. The molecule has 0 unspecified atom stereocenters. The molecule has 0 aliphatic rings. The normalized spacial score (nSPS) is 10.9. The molecule has 0 bridgehead atoms. The average Bonchev–Trinajstić information content (AvgIpc) is 3.29. The number of amides is 1. The first kappa shape index (κ1) is 16.5. The van der Waals surface area contributed by atoms with Crippen molar-refractivity contribution in [1.82, 2.24) is 15.1 Å². The van der Waals surface area contributed by atoms with Gasteiger partial charge in [-0.1, -0.05) is 48.5 Å². The van der Waals surface area contributed by atoms with Gasteiger partial charge in [0.2, 0.25) is 5.91 Å². The molecule has 2 aromatic carbocycles. The Morgan fingerprint density at radius 3 is 2.62 bits per heavy atom. The SMILES string of the molecule is O=C(Cc1ccsc1)NCc1nn(Cc2ccccc2)c2ccccc12. The van der Waals surface area contributed by atoms with Crippen LogP contribution in [-0.2, 0) is 24.3 Å². The van der Waals surface area contributed by atoms with Crippen LogP contribution in [0.1, 0.15) is 16.8 Å². The Morgan fingerprint density at radius 1 is 1.00 bits per heavy atom. The quantitative estimate of drug-likeness (QED) is 0.564. The van der Waals surface area contributed by atoms with Crippen LogP contribution in [0, 0.1) is 0 Å². The Balaban J connectivity index is 1.52. The van der Waals surface area contributed by atoms with E-state index in [4.69, 9.17) is 5.10 Å². The first-order valence-corrected chi connectivity index (χ1v) is 9.50. The molecular formula is C21H19N3OS. The Hall–Kier alpha value is -2.92. The molecule has 130 valence electrons. The molecule has 1 amide bonds. The zero-order chi connectivity index (χ0) is 17.8. The minimum atomic E-state index is 0.0186. The zero-order valence-corrected chi connectivity index (χ0v) is 15.1. The molecule has 0 spiro atoms. The van der Waals surface area contributed by atoms with E-state index >= 15 is 0 Å². The second-order valence-electron chi connectivity index (χ2n) is 6.19. The van der Waals surface area contributed by atoms with Gasteiger partial charge in [0.05, 0.1) is 30.7 Å². The molecule has 0 saturated heterocycles. The first-order chi connectivity index (χ1) is 12.8. The summed E-state index contributed by atoms with van der Waals surface area (Å²) in [7, 11) is 0. The number of benzene rings is 2. The van der Waals surface area contributed by atoms with Gasteiger partial charge >= 0.3 is 0 Å². The van der Waals surface area contributed by atoms with Crippen LogP contribution >= 0.6 is 11.3 Å². The highest BCUT2D eigenvalue weighted by Crippen LogP contribution is 2.19. The molecular weight excluding hydrogens is 342 g/mol. The molecule has 0 atom stereocenters. The first-order valence-electron chi connectivity index (χ1n) is 8.56. The van der Waals surface area contributed by atoms with Gasteiger partial charge in [0.25, 0.3) is 0 Å². The number of hydrogen-bond donors (Lipinski definition) is 1. The summed E-state index contributed by atoms with van der Waals surface area (Å²) in [6.07, 6.45) is 0.409. The van der Waals surface area contributed by atoms with Crippen LogP contribution in [0.25, 0.3) is 10.9 Å². The summed E-state index contributed by atoms with van der Waals surface area (Å²) < 4.78 is 2.00. The van der Waals surface area contributed by atoms with Gasteiger partial charge in [-0.3, -0.25) is 9.48 Å². The number of aromatic nitrogens is 2. The fraction of sp³-hybridized carbons (Fsp3) is 0.143. The van der Waals surface area contributed by atoms with Crippen molar-refractivity contribution in [1.29, 1.82) is 0 Å². The maximum Gasteiger partial charge on any atom is 0.224 e. The maximum atomic E-state index is 12.2. The van der Waals surface area contributed by atoms with Crippen molar-refractivity contribution in [2.24, 2.45) is 0 Å². The van der Waals surface area contributed by atoms with Crippen LogP contribution in [0.3, 0.4) is 0 Å². The summed E-state index contributed by atoms with van der Waals surface area (Å²) in [6.45, 7) is 1.15. The van der Waals surface area contributed by atoms with E-state index in [0.29, 0.717) is 19.5 Å². The fourth-order valence-corrected chi connectivity index (χ4v) is 3.70. The highest BCUT2D eigenvalue weighted by molar-refractivity contribution is 7.08. The molecule has 26 heavy (non-hydrogen) atoms. The third-order valence-corrected chi connectivity index (χ3v) is 5.04. The molecule has 0 aliphatic heterocycles. The third-order valence-electron chi connectivity index (χ3n) is 4.31. The van der Waals surface area contributed by atoms with Crippen LogP contribution in [0.2, 0.25) is 0 Å². The molecule has 4 aromatic rings. The van der Waals surface area contributed by atoms with Gasteiger partial charge in [-0.05, 0) is 34.0 Å². The number of thiophene rings is 1. The van der Waals surface area contributed by atoms with E-state index in [-0.39, 0.29) is 5.91 Å². The van der Waals surface area contributed by atoms with Gasteiger partial charge in [0.1, 0.15) is 0 Å². The van der Waals surface area contributed by atoms with E-state index < -0.39 is 0 Å². The largest absolute Gasteiger partial charge is 0.350 e. The number of nitrogens with zero attached hydrogens (tertiary/aromatic N) is 2. The summed E-state index contributed by atoms with van der Waals surface area (Å²) >= 11 is 1.61. The van der Waals surface area contributed by atoms with Gasteiger partial charge in [-0.25, -0.2) is 0 Å². The summed E-state index contributed by atoms with van der Waals surface area (Å²) in [5.41, 5.74) is 4.23. The monoisotopic (exact) mass is 361 g/mol. The molecule has 5 heteroatoms. The lowest BCUT2D eigenvalue weighted by Gasteiger charge is -2.04. The van der Waals surface area contributed by atoms with E-state index in [1.807, 2.05) is 51.8 Å². The summed E-state index contributed by atoms with van der Waals surface area (Å²) in [6, 6.07) is 20.4. The second-order valence-corrected chi connectivity index (χ2v) is 6.97. The number of para-hydroxylation sites is 1. The van der Waals surface area contributed by atoms with Crippen LogP contribution < -0.4 is 5.32 Å². The number of carbonyl (C=O) groups is 1. The third kappa shape index (κ3) is 3.68. The van der Waals surface area contributed by atoms with Crippen molar-refractivity contribution in [3.63, 3.8) is 0 Å². The number of rotatable bonds is 6. The van der Waals surface area contributed by atoms with E-state index in [1.54, 1.807) is 11.3 Å². The Morgan fingerprint density at radius 2 is 1.81 bits per heavy atom. The molecule has 2 heterocycles. The minimum absolute atomic E-state index is 0.0186. The van der Waals surface area contributed by atoms with Crippen molar-refractivity contribution in [3.8, 4) is 0 Å². The number of carbonyl (C=O) groups excluding carboxylic acids is 1. The maximum absolute atomic E-state index is 12.2. The minimum Gasteiger partial charge on any atom is -0.350 e. The lowest BCUT2D eigenvalue weighted by Crippen LogP contribution is -2.24. The van der Waals surface area contributed by atoms with Gasteiger partial charge < -0.3 is 5.32 Å². The number of nitrogens with one attached hydrogen (secondary N) is 1. The standard InChI is InChI=1S/C21H19N3OS/c25-21(12-17-10-11-26-15-17)22-13-19-18-8-4-5-9-20(18)24(23-19)14-16-6-2-1-3-7-16/h1-11,15H,12-14H2,(H,22,25). The molecule has 0 radical (unpaired) electrons. The molecule has 4 rings (SSSR count). The van der Waals surface area contributed by atoms with Gasteiger partial charge in [0, 0.05) is 5.39 Å². The second kappa shape index (κ2) is 7.54.